The zero-order valence-electron chi connectivity index (χ0n) is 5.16. The number of hydrogen-bond donors (Lipinski definition) is 1. The molecule has 0 bridgehead atoms. The van der Waals surface area contributed by atoms with Gasteiger partial charge in [0.2, 0.25) is 0 Å². The lowest BCUT2D eigenvalue weighted by Crippen LogP contribution is -2.35. The van der Waals surface area contributed by atoms with E-state index in [0.717, 1.165) is 26.3 Å². The summed E-state index contributed by atoms with van der Waals surface area (Å²) in [6.45, 7) is 3.10. The highest BCUT2D eigenvalue weighted by Crippen LogP contribution is 1.91. The van der Waals surface area contributed by atoms with E-state index < -0.39 is 0 Å². The zero-order valence-corrected chi connectivity index (χ0v) is 5.16. The van der Waals surface area contributed by atoms with Crippen molar-refractivity contribution >= 4 is 6.34 Å². The van der Waals surface area contributed by atoms with E-state index in [4.69, 9.17) is 9.94 Å². The van der Waals surface area contributed by atoms with E-state index in [1.807, 2.05) is 4.90 Å². The molecule has 0 aromatic heterocycles. The quantitative estimate of drug-likeness (QED) is 0.230. The highest BCUT2D eigenvalue weighted by molar-refractivity contribution is 5.53. The van der Waals surface area contributed by atoms with E-state index in [9.17, 15) is 0 Å². The summed E-state index contributed by atoms with van der Waals surface area (Å²) in [5.74, 6) is 0. The van der Waals surface area contributed by atoms with E-state index in [0.29, 0.717) is 0 Å². The maximum absolute atomic E-state index is 8.11. The van der Waals surface area contributed by atoms with Crippen molar-refractivity contribution in [1.82, 2.24) is 4.90 Å². The molecule has 0 spiro atoms. The normalized spacial score (nSPS) is 21.1. The van der Waals surface area contributed by atoms with Crippen LogP contribution in [0.2, 0.25) is 0 Å². The van der Waals surface area contributed by atoms with Crippen LogP contribution in [0.4, 0.5) is 0 Å². The smallest absolute Gasteiger partial charge is 0.131 e. The summed E-state index contributed by atoms with van der Waals surface area (Å²) < 4.78 is 5.06. The van der Waals surface area contributed by atoms with Gasteiger partial charge in [-0.15, -0.1) is 0 Å². The minimum atomic E-state index is 0.728. The largest absolute Gasteiger partial charge is 0.410 e. The molecule has 52 valence electrons. The predicted molar refractivity (Wildman–Crippen MR) is 32.7 cm³/mol. The first-order valence-electron chi connectivity index (χ1n) is 2.93. The van der Waals surface area contributed by atoms with Crippen molar-refractivity contribution in [2.75, 3.05) is 26.3 Å². The Morgan fingerprint density at radius 1 is 1.44 bits per heavy atom. The van der Waals surface area contributed by atoms with Gasteiger partial charge in [0.1, 0.15) is 6.34 Å². The predicted octanol–water partition coefficient (Wildman–Crippen LogP) is -0.264. The van der Waals surface area contributed by atoms with E-state index in [-0.39, 0.29) is 0 Å². The van der Waals surface area contributed by atoms with Crippen LogP contribution < -0.4 is 0 Å². The van der Waals surface area contributed by atoms with Crippen LogP contribution in [0, 0.1) is 0 Å². The van der Waals surface area contributed by atoms with Crippen LogP contribution in [0.5, 0.6) is 0 Å². The monoisotopic (exact) mass is 130 g/mol. The third kappa shape index (κ3) is 1.89. The maximum Gasteiger partial charge on any atom is 0.131 e. The first-order chi connectivity index (χ1) is 4.43. The minimum absolute atomic E-state index is 0.728. The minimum Gasteiger partial charge on any atom is -0.410 e. The second-order valence-electron chi connectivity index (χ2n) is 1.88. The highest BCUT2D eigenvalue weighted by atomic mass is 16.5. The first-order valence-corrected chi connectivity index (χ1v) is 2.93. The van der Waals surface area contributed by atoms with Crippen molar-refractivity contribution in [3.05, 3.63) is 0 Å². The number of morpholine rings is 1. The molecule has 0 unspecified atom stereocenters. The van der Waals surface area contributed by atoms with E-state index in [2.05, 4.69) is 5.16 Å². The topological polar surface area (TPSA) is 45.1 Å². The van der Waals surface area contributed by atoms with E-state index in [1.54, 1.807) is 0 Å². The third-order valence-corrected chi connectivity index (χ3v) is 1.26. The second-order valence-corrected chi connectivity index (χ2v) is 1.88. The van der Waals surface area contributed by atoms with Gasteiger partial charge in [0, 0.05) is 13.1 Å². The molecule has 9 heavy (non-hydrogen) atoms. The molecule has 0 saturated carbocycles. The van der Waals surface area contributed by atoms with Gasteiger partial charge < -0.3 is 14.8 Å². The number of nitrogens with zero attached hydrogens (tertiary/aromatic N) is 2. The van der Waals surface area contributed by atoms with Crippen LogP contribution in [0.3, 0.4) is 0 Å². The molecule has 0 radical (unpaired) electrons. The fraction of sp³-hybridized carbons (Fsp3) is 0.800. The molecule has 1 fully saturated rings. The molecular weight excluding hydrogens is 120 g/mol. The maximum atomic E-state index is 8.11. The van der Waals surface area contributed by atoms with Gasteiger partial charge >= 0.3 is 0 Å². The van der Waals surface area contributed by atoms with Gasteiger partial charge in [-0.3, -0.25) is 0 Å². The van der Waals surface area contributed by atoms with Gasteiger partial charge in [-0.05, 0) is 0 Å². The van der Waals surface area contributed by atoms with Gasteiger partial charge in [0.25, 0.3) is 0 Å². The highest BCUT2D eigenvalue weighted by Gasteiger charge is 2.04. The molecule has 1 heterocycles. The summed E-state index contributed by atoms with van der Waals surface area (Å²) >= 11 is 0. The second kappa shape index (κ2) is 3.29. The van der Waals surface area contributed by atoms with Gasteiger partial charge in [0.15, 0.2) is 0 Å². The number of ether oxygens (including phenoxy) is 1. The van der Waals surface area contributed by atoms with Crippen molar-refractivity contribution < 1.29 is 9.94 Å². The average Bonchev–Trinajstić information content (AvgIpc) is 1.91. The summed E-state index contributed by atoms with van der Waals surface area (Å²) in [7, 11) is 0. The SMILES string of the molecule is ON=CN1CCOCC1. The Bertz CT molecular complexity index is 99.1. The summed E-state index contributed by atoms with van der Waals surface area (Å²) in [5.41, 5.74) is 0. The van der Waals surface area contributed by atoms with Crippen molar-refractivity contribution in [3.8, 4) is 0 Å². The first kappa shape index (κ1) is 6.35. The lowest BCUT2D eigenvalue weighted by Gasteiger charge is -2.23. The molecule has 1 aliphatic heterocycles. The molecule has 0 aromatic rings. The molecule has 1 rings (SSSR count). The Hall–Kier alpha value is -0.770. The lowest BCUT2D eigenvalue weighted by molar-refractivity contribution is 0.0688. The number of oxime groups is 1. The van der Waals surface area contributed by atoms with Crippen LogP contribution >= 0.6 is 0 Å². The molecule has 0 aromatic carbocycles. The Balaban J connectivity index is 2.23. The van der Waals surface area contributed by atoms with Crippen LogP contribution in [-0.2, 0) is 4.74 Å². The van der Waals surface area contributed by atoms with Gasteiger partial charge in [0.05, 0.1) is 13.2 Å². The van der Waals surface area contributed by atoms with Crippen molar-refractivity contribution in [2.45, 2.75) is 0 Å². The third-order valence-electron chi connectivity index (χ3n) is 1.26. The van der Waals surface area contributed by atoms with Gasteiger partial charge in [-0.2, -0.15) is 0 Å². The molecule has 4 nitrogen and oxygen atoms in total. The van der Waals surface area contributed by atoms with E-state index >= 15 is 0 Å². The molecule has 1 saturated heterocycles. The Kier molecular flexibility index (Phi) is 2.32. The van der Waals surface area contributed by atoms with Crippen LogP contribution in [0.25, 0.3) is 0 Å². The summed E-state index contributed by atoms with van der Waals surface area (Å²) in [5, 5.41) is 11.0. The van der Waals surface area contributed by atoms with Crippen LogP contribution in [0.15, 0.2) is 5.16 Å². The Morgan fingerprint density at radius 2 is 2.11 bits per heavy atom. The Morgan fingerprint density at radius 3 is 2.67 bits per heavy atom. The summed E-state index contributed by atoms with van der Waals surface area (Å²) in [6, 6.07) is 0. The average molecular weight is 130 g/mol. The fourth-order valence-corrected chi connectivity index (χ4v) is 0.766. The van der Waals surface area contributed by atoms with Gasteiger partial charge in [-0.25, -0.2) is 0 Å². The molecule has 0 atom stereocenters. The number of hydrogen-bond acceptors (Lipinski definition) is 3. The zero-order chi connectivity index (χ0) is 6.53. The van der Waals surface area contributed by atoms with E-state index in [1.165, 1.54) is 6.34 Å². The van der Waals surface area contributed by atoms with Crippen LogP contribution in [0.1, 0.15) is 0 Å². The van der Waals surface area contributed by atoms with Crippen molar-refractivity contribution in [3.63, 3.8) is 0 Å². The lowest BCUT2D eigenvalue weighted by atomic mass is 10.5. The fourth-order valence-electron chi connectivity index (χ4n) is 0.766. The van der Waals surface area contributed by atoms with Crippen LogP contribution in [-0.4, -0.2) is 42.7 Å². The molecule has 1 aliphatic rings. The standard InChI is InChI=1S/C5H10N2O2/c8-6-5-7-1-3-9-4-2-7/h5,8H,1-4H2. The molecule has 0 aliphatic carbocycles. The van der Waals surface area contributed by atoms with Crippen molar-refractivity contribution in [2.24, 2.45) is 5.16 Å². The summed E-state index contributed by atoms with van der Waals surface area (Å²) in [4.78, 5) is 1.91. The van der Waals surface area contributed by atoms with Gasteiger partial charge in [-0.1, -0.05) is 5.16 Å². The molecule has 0 amide bonds. The molecule has 1 N–H and O–H groups in total. The Labute approximate surface area is 53.7 Å². The van der Waals surface area contributed by atoms with Crippen molar-refractivity contribution in [1.29, 1.82) is 0 Å². The number of rotatable bonds is 1. The summed E-state index contributed by atoms with van der Waals surface area (Å²) in [6.07, 6.45) is 1.42. The molecular formula is C5H10N2O2. The molecule has 4 heteroatoms.